The molecule has 0 unspecified atom stereocenters. The summed E-state index contributed by atoms with van der Waals surface area (Å²) >= 11 is 0. The minimum Gasteiger partial charge on any atom is -0.478 e. The van der Waals surface area contributed by atoms with Gasteiger partial charge in [-0.3, -0.25) is 10.1 Å². The standard InChI is InChI=1S/C11H14N2O4/c1-11(2,3)8-5-6(13(16)17)4-7(9(8)12)10(14)15/h4-5H,12H2,1-3H3,(H,14,15). The predicted molar refractivity (Wildman–Crippen MR) is 63.2 cm³/mol. The third-order valence-corrected chi connectivity index (χ3v) is 2.41. The number of nitro benzene ring substituents is 1. The second kappa shape index (κ2) is 4.04. The van der Waals surface area contributed by atoms with Crippen LogP contribution in [0.3, 0.4) is 0 Å². The number of rotatable bonds is 2. The number of anilines is 1. The molecular formula is C11H14N2O4. The molecule has 17 heavy (non-hydrogen) atoms. The second-order valence-electron chi connectivity index (χ2n) is 4.77. The molecule has 0 spiro atoms. The normalized spacial score (nSPS) is 11.2. The van der Waals surface area contributed by atoms with Gasteiger partial charge in [0.1, 0.15) is 0 Å². The number of nitrogens with zero attached hydrogens (tertiary/aromatic N) is 1. The van der Waals surface area contributed by atoms with Crippen LogP contribution in [0.4, 0.5) is 11.4 Å². The lowest BCUT2D eigenvalue weighted by atomic mass is 9.84. The first-order valence-electron chi connectivity index (χ1n) is 4.96. The number of benzene rings is 1. The van der Waals surface area contributed by atoms with Gasteiger partial charge in [0.05, 0.1) is 16.2 Å². The van der Waals surface area contributed by atoms with E-state index in [2.05, 4.69) is 0 Å². The zero-order valence-corrected chi connectivity index (χ0v) is 9.85. The number of hydrogen-bond acceptors (Lipinski definition) is 4. The summed E-state index contributed by atoms with van der Waals surface area (Å²) in [6.45, 7) is 5.44. The molecule has 0 saturated carbocycles. The van der Waals surface area contributed by atoms with E-state index >= 15 is 0 Å². The van der Waals surface area contributed by atoms with Crippen LogP contribution in [0.5, 0.6) is 0 Å². The van der Waals surface area contributed by atoms with Crippen LogP contribution in [-0.4, -0.2) is 16.0 Å². The van der Waals surface area contributed by atoms with Crippen LogP contribution in [-0.2, 0) is 5.41 Å². The summed E-state index contributed by atoms with van der Waals surface area (Å²) < 4.78 is 0. The number of hydrogen-bond donors (Lipinski definition) is 2. The molecule has 6 nitrogen and oxygen atoms in total. The highest BCUT2D eigenvalue weighted by Crippen LogP contribution is 2.33. The second-order valence-corrected chi connectivity index (χ2v) is 4.77. The van der Waals surface area contributed by atoms with Gasteiger partial charge in [-0.2, -0.15) is 0 Å². The molecule has 1 rings (SSSR count). The molecule has 0 aromatic heterocycles. The summed E-state index contributed by atoms with van der Waals surface area (Å²) in [5.74, 6) is -1.27. The Kier molecular flexibility index (Phi) is 3.08. The van der Waals surface area contributed by atoms with E-state index in [0.29, 0.717) is 5.56 Å². The van der Waals surface area contributed by atoms with Gasteiger partial charge in [0, 0.05) is 12.1 Å². The fourth-order valence-corrected chi connectivity index (χ4v) is 1.54. The number of nitrogen functional groups attached to an aromatic ring is 1. The lowest BCUT2D eigenvalue weighted by Gasteiger charge is -2.21. The van der Waals surface area contributed by atoms with Gasteiger partial charge in [0.15, 0.2) is 0 Å². The maximum absolute atomic E-state index is 11.0. The monoisotopic (exact) mass is 238 g/mol. The molecule has 3 N–H and O–H groups in total. The number of non-ortho nitro benzene ring substituents is 1. The first-order valence-corrected chi connectivity index (χ1v) is 4.96. The number of aromatic carboxylic acids is 1. The number of carboxylic acids is 1. The fourth-order valence-electron chi connectivity index (χ4n) is 1.54. The molecule has 0 bridgehead atoms. The van der Waals surface area contributed by atoms with Gasteiger partial charge >= 0.3 is 5.97 Å². The van der Waals surface area contributed by atoms with E-state index in [1.54, 1.807) is 0 Å². The quantitative estimate of drug-likeness (QED) is 0.466. The van der Waals surface area contributed by atoms with E-state index in [0.717, 1.165) is 6.07 Å². The Morgan fingerprint density at radius 3 is 2.29 bits per heavy atom. The molecule has 0 radical (unpaired) electrons. The van der Waals surface area contributed by atoms with Gasteiger partial charge in [-0.1, -0.05) is 20.8 Å². The first kappa shape index (κ1) is 13.0. The van der Waals surface area contributed by atoms with Gasteiger partial charge in [0.25, 0.3) is 5.69 Å². The minimum atomic E-state index is -1.27. The Morgan fingerprint density at radius 2 is 1.94 bits per heavy atom. The molecule has 1 aromatic carbocycles. The molecule has 0 aliphatic carbocycles. The SMILES string of the molecule is CC(C)(C)c1cc([N+](=O)[O-])cc(C(=O)O)c1N. The molecule has 0 amide bonds. The highest BCUT2D eigenvalue weighted by Gasteiger charge is 2.25. The van der Waals surface area contributed by atoms with Crippen molar-refractivity contribution in [1.82, 2.24) is 0 Å². The molecule has 0 heterocycles. The van der Waals surface area contributed by atoms with Crippen LogP contribution >= 0.6 is 0 Å². The van der Waals surface area contributed by atoms with Crippen molar-refractivity contribution in [3.63, 3.8) is 0 Å². The number of carbonyl (C=O) groups is 1. The summed E-state index contributed by atoms with van der Waals surface area (Å²) in [5.41, 5.74) is 5.32. The molecule has 0 atom stereocenters. The number of nitro groups is 1. The van der Waals surface area contributed by atoms with Crippen LogP contribution in [0.2, 0.25) is 0 Å². The smallest absolute Gasteiger partial charge is 0.338 e. The van der Waals surface area contributed by atoms with Gasteiger partial charge in [0.2, 0.25) is 0 Å². The molecule has 0 saturated heterocycles. The van der Waals surface area contributed by atoms with E-state index < -0.39 is 16.3 Å². The third kappa shape index (κ3) is 2.52. The van der Waals surface area contributed by atoms with Crippen molar-refractivity contribution < 1.29 is 14.8 Å². The van der Waals surface area contributed by atoms with Gasteiger partial charge < -0.3 is 10.8 Å². The Balaban J connectivity index is 3.60. The van der Waals surface area contributed by atoms with Crippen molar-refractivity contribution in [3.8, 4) is 0 Å². The Bertz CT molecular complexity index is 489. The predicted octanol–water partition coefficient (Wildman–Crippen LogP) is 2.17. The molecule has 0 aliphatic heterocycles. The van der Waals surface area contributed by atoms with Crippen LogP contribution in [0.1, 0.15) is 36.7 Å². The highest BCUT2D eigenvalue weighted by molar-refractivity contribution is 5.95. The summed E-state index contributed by atoms with van der Waals surface area (Å²) in [7, 11) is 0. The summed E-state index contributed by atoms with van der Waals surface area (Å²) in [6, 6.07) is 2.30. The summed E-state index contributed by atoms with van der Waals surface area (Å²) in [6.07, 6.45) is 0. The zero-order valence-electron chi connectivity index (χ0n) is 9.85. The molecule has 0 fully saturated rings. The van der Waals surface area contributed by atoms with Gasteiger partial charge in [-0.05, 0) is 11.0 Å². The molecule has 6 heteroatoms. The zero-order chi connectivity index (χ0) is 13.4. The van der Waals surface area contributed by atoms with Crippen LogP contribution in [0.25, 0.3) is 0 Å². The van der Waals surface area contributed by atoms with E-state index in [-0.39, 0.29) is 16.9 Å². The maximum atomic E-state index is 11.0. The van der Waals surface area contributed by atoms with Crippen molar-refractivity contribution in [3.05, 3.63) is 33.4 Å². The molecule has 92 valence electrons. The Hall–Kier alpha value is -2.11. The van der Waals surface area contributed by atoms with Crippen LogP contribution in [0.15, 0.2) is 12.1 Å². The average molecular weight is 238 g/mol. The average Bonchev–Trinajstić information content (AvgIpc) is 2.15. The lowest BCUT2D eigenvalue weighted by molar-refractivity contribution is -0.385. The van der Waals surface area contributed by atoms with Crippen molar-refractivity contribution in [2.45, 2.75) is 26.2 Å². The van der Waals surface area contributed by atoms with Gasteiger partial charge in [-0.15, -0.1) is 0 Å². The van der Waals surface area contributed by atoms with Crippen molar-refractivity contribution in [2.75, 3.05) is 5.73 Å². The van der Waals surface area contributed by atoms with E-state index in [9.17, 15) is 14.9 Å². The number of nitrogens with two attached hydrogens (primary N) is 1. The highest BCUT2D eigenvalue weighted by atomic mass is 16.6. The van der Waals surface area contributed by atoms with Crippen molar-refractivity contribution in [2.24, 2.45) is 0 Å². The number of carboxylic acid groups (broad SMARTS) is 1. The fraction of sp³-hybridized carbons (Fsp3) is 0.364. The van der Waals surface area contributed by atoms with Crippen LogP contribution in [0, 0.1) is 10.1 Å². The Morgan fingerprint density at radius 1 is 1.41 bits per heavy atom. The largest absolute Gasteiger partial charge is 0.478 e. The van der Waals surface area contributed by atoms with Gasteiger partial charge in [-0.25, -0.2) is 4.79 Å². The summed E-state index contributed by atoms with van der Waals surface area (Å²) in [5, 5.41) is 19.7. The van der Waals surface area contributed by atoms with Crippen LogP contribution < -0.4 is 5.73 Å². The molecule has 1 aromatic rings. The summed E-state index contributed by atoms with van der Waals surface area (Å²) in [4.78, 5) is 21.1. The first-order chi connectivity index (χ1) is 7.64. The van der Waals surface area contributed by atoms with E-state index in [1.165, 1.54) is 6.07 Å². The van der Waals surface area contributed by atoms with E-state index in [4.69, 9.17) is 10.8 Å². The third-order valence-electron chi connectivity index (χ3n) is 2.41. The lowest BCUT2D eigenvalue weighted by Crippen LogP contribution is -2.17. The van der Waals surface area contributed by atoms with Crippen molar-refractivity contribution in [1.29, 1.82) is 0 Å². The topological polar surface area (TPSA) is 106 Å². The maximum Gasteiger partial charge on any atom is 0.338 e. The molecule has 0 aliphatic rings. The van der Waals surface area contributed by atoms with Crippen molar-refractivity contribution >= 4 is 17.3 Å². The Labute approximate surface area is 98.2 Å². The minimum absolute atomic E-state index is 0.0793. The van der Waals surface area contributed by atoms with E-state index in [1.807, 2.05) is 20.8 Å². The molecular weight excluding hydrogens is 224 g/mol.